The second-order valence-corrected chi connectivity index (χ2v) is 12.2. The third-order valence-electron chi connectivity index (χ3n) is 9.35. The summed E-state index contributed by atoms with van der Waals surface area (Å²) in [7, 11) is 0. The summed E-state index contributed by atoms with van der Waals surface area (Å²) in [6, 6.07) is 18.0. The highest BCUT2D eigenvalue weighted by Gasteiger charge is 2.37. The highest BCUT2D eigenvalue weighted by atomic mass is 127. The van der Waals surface area contributed by atoms with Crippen LogP contribution in [0.1, 0.15) is 155 Å². The van der Waals surface area contributed by atoms with E-state index < -0.39 is 0 Å². The van der Waals surface area contributed by atoms with Gasteiger partial charge in [-0.15, -0.1) is 23.8 Å². The minimum atomic E-state index is 0.238. The van der Waals surface area contributed by atoms with E-state index in [4.69, 9.17) is 0.594 Å². The summed E-state index contributed by atoms with van der Waals surface area (Å²) < 4.78 is 5.72. The lowest BCUT2D eigenvalue weighted by atomic mass is 9.65. The molecule has 0 spiro atoms. The number of hydrogen-bond donors (Lipinski definition) is 2. The van der Waals surface area contributed by atoms with Crippen LogP contribution in [0.15, 0.2) is 73.6 Å². The molecule has 0 aliphatic heterocycles. The van der Waals surface area contributed by atoms with Gasteiger partial charge < -0.3 is 9.97 Å². The summed E-state index contributed by atoms with van der Waals surface area (Å²) in [4.78, 5) is 14.8. The number of aromatic nitrogens is 4. The molecular formula is C42H69IN4. The van der Waals surface area contributed by atoms with Crippen LogP contribution in [0.5, 0.6) is 0 Å². The van der Waals surface area contributed by atoms with E-state index >= 15 is 0 Å². The van der Waals surface area contributed by atoms with E-state index in [9.17, 15) is 0 Å². The third-order valence-corrected chi connectivity index (χ3v) is 9.35. The van der Waals surface area contributed by atoms with Crippen LogP contribution < -0.4 is 0 Å². The SMILES string of the molecule is CC.CC.CC.CC.CCC1CCC(C)(Cc2cnc[nH]2)c2ccccc21.CCC1Cc2ccccc2C(C)(Cc2cnc[nH]2)C1.[2H]I. The third kappa shape index (κ3) is 12.2. The Labute approximate surface area is 307 Å². The number of hydrogen-bond acceptors (Lipinski definition) is 2. The lowest BCUT2D eigenvalue weighted by Crippen LogP contribution is -2.34. The van der Waals surface area contributed by atoms with E-state index in [1.165, 1.54) is 79.3 Å². The van der Waals surface area contributed by atoms with Gasteiger partial charge in [-0.25, -0.2) is 9.97 Å². The highest BCUT2D eigenvalue weighted by Crippen LogP contribution is 2.45. The Balaban J connectivity index is 0.000000732. The number of fused-ring (bicyclic) bond motifs is 2. The standard InChI is InChI=1S/2C17H22N2.4C2H6.HI/c1-3-13-8-14-6-4-5-7-16(14)17(2,9-13)10-15-11-18-12-19-15;1-3-13-8-9-17(2,10-14-11-18-12-19-14)16-7-5-4-6-15(13)16;4*1-2;/h2*4-7,11-13H,3,8-10H2,1-2H3,(H,18,19);4*1-2H3;1H/i/hD. The van der Waals surface area contributed by atoms with Crippen LogP contribution in [0, 0.1) is 5.92 Å². The van der Waals surface area contributed by atoms with Crippen molar-refractivity contribution in [1.29, 1.82) is 0.594 Å². The zero-order chi connectivity index (χ0) is 36.6. The summed E-state index contributed by atoms with van der Waals surface area (Å²) in [5.41, 5.74) is 9.16. The average Bonchev–Trinajstić information content (AvgIpc) is 3.88. The molecule has 6 rings (SSSR count). The van der Waals surface area contributed by atoms with Gasteiger partial charge in [0, 0.05) is 23.8 Å². The lowest BCUT2D eigenvalue weighted by Gasteiger charge is -2.40. The normalized spacial score (nSPS) is 21.8. The zero-order valence-corrected chi connectivity index (χ0v) is 34.2. The van der Waals surface area contributed by atoms with Crippen LogP contribution in [0.2, 0.25) is 0 Å². The molecule has 264 valence electrons. The van der Waals surface area contributed by atoms with Crippen molar-refractivity contribution in [2.24, 2.45) is 5.92 Å². The summed E-state index contributed by atoms with van der Waals surface area (Å²) in [6.45, 7) is 25.4. The van der Waals surface area contributed by atoms with E-state index in [2.05, 4.69) is 96.2 Å². The van der Waals surface area contributed by atoms with Crippen LogP contribution in [0.4, 0.5) is 0 Å². The molecular weight excluding hydrogens is 687 g/mol. The van der Waals surface area contributed by atoms with Crippen molar-refractivity contribution in [1.82, 2.24) is 19.9 Å². The molecule has 2 N–H and O–H groups in total. The van der Waals surface area contributed by atoms with Crippen molar-refractivity contribution in [3.05, 3.63) is 107 Å². The first kappa shape index (κ1) is 42.6. The number of halogens is 1. The van der Waals surface area contributed by atoms with E-state index in [0.29, 0.717) is 0 Å². The summed E-state index contributed by atoms with van der Waals surface area (Å²) in [6.07, 6.45) is 17.2. The first-order chi connectivity index (χ1) is 23.4. The van der Waals surface area contributed by atoms with Crippen LogP contribution in [-0.4, -0.2) is 20.5 Å². The molecule has 4 atom stereocenters. The summed E-state index contributed by atoms with van der Waals surface area (Å²) in [5, 5.41) is 0. The van der Waals surface area contributed by atoms with Gasteiger partial charge in [0.05, 0.1) is 12.7 Å². The second-order valence-electron chi connectivity index (χ2n) is 12.2. The number of H-pyrrole nitrogens is 2. The molecule has 5 heteroatoms. The van der Waals surface area contributed by atoms with E-state index in [1.807, 2.05) is 67.8 Å². The Hall–Kier alpha value is -2.41. The van der Waals surface area contributed by atoms with Crippen LogP contribution in [0.25, 0.3) is 0 Å². The predicted molar refractivity (Wildman–Crippen MR) is 217 cm³/mol. The number of aromatic amines is 2. The van der Waals surface area contributed by atoms with Crippen molar-refractivity contribution in [2.75, 3.05) is 0 Å². The molecule has 4 nitrogen and oxygen atoms in total. The van der Waals surface area contributed by atoms with Crippen LogP contribution in [-0.2, 0) is 30.1 Å². The molecule has 2 heterocycles. The Bertz CT molecular complexity index is 1310. The first-order valence-electron chi connectivity index (χ1n) is 18.9. The maximum absolute atomic E-state index is 5.72. The fourth-order valence-corrected chi connectivity index (χ4v) is 7.27. The maximum atomic E-state index is 5.72. The molecule has 0 fully saturated rings. The Kier molecular flexibility index (Phi) is 21.6. The predicted octanol–water partition coefficient (Wildman–Crippen LogP) is 12.8. The van der Waals surface area contributed by atoms with Gasteiger partial charge in [-0.2, -0.15) is 0 Å². The smallest absolute Gasteiger partial charge is 0.107 e. The van der Waals surface area contributed by atoms with Crippen molar-refractivity contribution >= 4 is 23.8 Å². The molecule has 4 unspecified atom stereocenters. The van der Waals surface area contributed by atoms with Crippen molar-refractivity contribution in [3.8, 4) is 0 Å². The lowest BCUT2D eigenvalue weighted by molar-refractivity contribution is 0.296. The molecule has 2 aromatic carbocycles. The monoisotopic (exact) mass is 757 g/mol. The molecule has 4 aromatic rings. The minimum Gasteiger partial charge on any atom is -0.348 e. The van der Waals surface area contributed by atoms with Crippen LogP contribution in [0.3, 0.4) is 0 Å². The van der Waals surface area contributed by atoms with Gasteiger partial charge in [-0.05, 0) is 89.9 Å². The zero-order valence-electron chi connectivity index (χ0n) is 33.0. The molecule has 0 bridgehead atoms. The van der Waals surface area contributed by atoms with Gasteiger partial charge in [-0.3, -0.25) is 0 Å². The number of nitrogens with one attached hydrogen (secondary N) is 2. The van der Waals surface area contributed by atoms with Crippen molar-refractivity contribution < 1.29 is 0 Å². The maximum Gasteiger partial charge on any atom is 0.107 e. The average molecular weight is 758 g/mol. The van der Waals surface area contributed by atoms with Crippen LogP contribution >= 0.6 is 23.8 Å². The summed E-state index contributed by atoms with van der Waals surface area (Å²) >= 11 is 1.40. The Morgan fingerprint density at radius 3 is 1.74 bits per heavy atom. The Morgan fingerprint density at radius 1 is 0.723 bits per heavy atom. The number of nitrogens with zero attached hydrogens (tertiary/aromatic N) is 2. The van der Waals surface area contributed by atoms with E-state index in [-0.39, 0.29) is 10.8 Å². The molecule has 0 radical (unpaired) electrons. The molecule has 2 aromatic heterocycles. The van der Waals surface area contributed by atoms with Gasteiger partial charge in [0.1, 0.15) is 0.594 Å². The van der Waals surface area contributed by atoms with Gasteiger partial charge in [-0.1, -0.05) is 138 Å². The fraction of sp³-hybridized carbons (Fsp3) is 0.571. The highest BCUT2D eigenvalue weighted by molar-refractivity contribution is 14.0. The number of rotatable bonds is 6. The molecule has 0 saturated carbocycles. The Morgan fingerprint density at radius 2 is 1.23 bits per heavy atom. The van der Waals surface area contributed by atoms with Gasteiger partial charge in [0.15, 0.2) is 0 Å². The van der Waals surface area contributed by atoms with Gasteiger partial charge in [0.2, 0.25) is 0 Å². The molecule has 0 amide bonds. The van der Waals surface area contributed by atoms with Crippen molar-refractivity contribution in [2.45, 2.75) is 151 Å². The quantitative estimate of drug-likeness (QED) is 0.192. The topological polar surface area (TPSA) is 57.4 Å². The molecule has 2 aliphatic carbocycles. The number of imidazole rings is 2. The van der Waals surface area contributed by atoms with Crippen molar-refractivity contribution in [3.63, 3.8) is 0 Å². The second kappa shape index (κ2) is 23.8. The molecule has 0 saturated heterocycles. The van der Waals surface area contributed by atoms with E-state index in [1.54, 1.807) is 29.3 Å². The van der Waals surface area contributed by atoms with Gasteiger partial charge >= 0.3 is 0 Å². The largest absolute Gasteiger partial charge is 0.348 e. The molecule has 2 aliphatic rings. The summed E-state index contributed by atoms with van der Waals surface area (Å²) in [5.74, 6) is 1.55. The molecule has 47 heavy (non-hydrogen) atoms. The van der Waals surface area contributed by atoms with Gasteiger partial charge in [0.25, 0.3) is 0 Å². The fourth-order valence-electron chi connectivity index (χ4n) is 7.27. The van der Waals surface area contributed by atoms with E-state index in [0.717, 1.165) is 24.7 Å². The first-order valence-corrected chi connectivity index (χ1v) is 18.6. The minimum absolute atomic E-state index is 0.238. The number of benzene rings is 2.